The first kappa shape index (κ1) is 17.1. The van der Waals surface area contributed by atoms with E-state index >= 15 is 0 Å². The number of furan rings is 1. The van der Waals surface area contributed by atoms with Crippen LogP contribution in [0.2, 0.25) is 0 Å². The van der Waals surface area contributed by atoms with Gasteiger partial charge >= 0.3 is 0 Å². The minimum absolute atomic E-state index is 0.0710. The molecule has 1 atom stereocenters. The highest BCUT2D eigenvalue weighted by atomic mass is 19.1. The van der Waals surface area contributed by atoms with E-state index in [-0.39, 0.29) is 16.9 Å². The van der Waals surface area contributed by atoms with Crippen LogP contribution in [0.3, 0.4) is 0 Å². The van der Waals surface area contributed by atoms with Crippen molar-refractivity contribution in [3.05, 3.63) is 108 Å². The maximum absolute atomic E-state index is 14.6. The molecule has 4 nitrogen and oxygen atoms in total. The lowest BCUT2D eigenvalue weighted by Gasteiger charge is -2.27. The summed E-state index contributed by atoms with van der Waals surface area (Å²) in [4.78, 5) is 7.81. The molecule has 2 aromatic carbocycles. The van der Waals surface area contributed by atoms with Gasteiger partial charge in [-0.3, -0.25) is 0 Å². The van der Waals surface area contributed by atoms with Crippen LogP contribution >= 0.6 is 0 Å². The van der Waals surface area contributed by atoms with Gasteiger partial charge in [-0.1, -0.05) is 30.3 Å². The van der Waals surface area contributed by atoms with Crippen LogP contribution in [0.5, 0.6) is 0 Å². The third-order valence-corrected chi connectivity index (χ3v) is 4.32. The topological polar surface area (TPSA) is 59.2 Å². The summed E-state index contributed by atoms with van der Waals surface area (Å²) in [6, 6.07) is 15.5. The van der Waals surface area contributed by atoms with Crippen molar-refractivity contribution in [2.75, 3.05) is 0 Å². The molecule has 0 amide bonds. The van der Waals surface area contributed by atoms with Gasteiger partial charge in [0.25, 0.3) is 0 Å². The third kappa shape index (κ3) is 3.00. The normalized spacial score (nSPS) is 13.3. The molecule has 0 spiro atoms. The number of rotatable bonds is 4. The Balaban J connectivity index is 1.91. The van der Waals surface area contributed by atoms with Crippen LogP contribution in [0, 0.1) is 11.6 Å². The highest BCUT2D eigenvalue weighted by molar-refractivity contribution is 5.58. The minimum atomic E-state index is -2.02. The van der Waals surface area contributed by atoms with Crippen molar-refractivity contribution >= 4 is 0 Å². The standard InChI is InChI=1S/C21H14F2N2O2/c22-16-6-7-17(18(23)10-16)21(26,15-11-24-13-25-12-15)20-9-8-19(27-20)14-4-2-1-3-5-14/h1-13,26H. The molecule has 4 aromatic rings. The largest absolute Gasteiger partial charge is 0.457 e. The van der Waals surface area contributed by atoms with Gasteiger partial charge < -0.3 is 9.52 Å². The SMILES string of the molecule is OC(c1cncnc1)(c1ccc(-c2ccccc2)o1)c1ccc(F)cc1F. The number of halogens is 2. The summed E-state index contributed by atoms with van der Waals surface area (Å²) >= 11 is 0. The van der Waals surface area contributed by atoms with Gasteiger partial charge in [0.05, 0.1) is 0 Å². The zero-order valence-electron chi connectivity index (χ0n) is 14.0. The Morgan fingerprint density at radius 2 is 1.63 bits per heavy atom. The van der Waals surface area contributed by atoms with Crippen LogP contribution in [0.1, 0.15) is 16.9 Å². The number of hydrogen-bond donors (Lipinski definition) is 1. The van der Waals surface area contributed by atoms with Crippen molar-refractivity contribution in [2.45, 2.75) is 5.60 Å². The first-order valence-corrected chi connectivity index (χ1v) is 8.18. The molecular weight excluding hydrogens is 350 g/mol. The van der Waals surface area contributed by atoms with Gasteiger partial charge in [0.1, 0.15) is 29.5 Å². The number of aliphatic hydroxyl groups is 1. The summed E-state index contributed by atoms with van der Waals surface area (Å²) in [6.07, 6.45) is 4.02. The Hall–Kier alpha value is -3.38. The molecular formula is C21H14F2N2O2. The van der Waals surface area contributed by atoms with E-state index in [2.05, 4.69) is 9.97 Å². The Morgan fingerprint density at radius 3 is 2.33 bits per heavy atom. The maximum atomic E-state index is 14.6. The van der Waals surface area contributed by atoms with E-state index in [0.717, 1.165) is 11.6 Å². The van der Waals surface area contributed by atoms with E-state index in [0.29, 0.717) is 11.8 Å². The van der Waals surface area contributed by atoms with E-state index < -0.39 is 17.2 Å². The predicted octanol–water partition coefficient (Wildman–Crippen LogP) is 4.30. The van der Waals surface area contributed by atoms with Gasteiger partial charge in [0.15, 0.2) is 5.60 Å². The van der Waals surface area contributed by atoms with E-state index in [1.54, 1.807) is 12.1 Å². The third-order valence-electron chi connectivity index (χ3n) is 4.32. The summed E-state index contributed by atoms with van der Waals surface area (Å²) in [5, 5.41) is 11.5. The van der Waals surface area contributed by atoms with E-state index in [4.69, 9.17) is 4.42 Å². The highest BCUT2D eigenvalue weighted by Gasteiger charge is 2.40. The van der Waals surface area contributed by atoms with Crippen molar-refractivity contribution in [1.29, 1.82) is 0 Å². The second-order valence-electron chi connectivity index (χ2n) is 5.99. The zero-order chi connectivity index (χ0) is 18.9. The molecule has 2 aromatic heterocycles. The van der Waals surface area contributed by atoms with E-state index in [1.165, 1.54) is 24.8 Å². The summed E-state index contributed by atoms with van der Waals surface area (Å²) in [5.74, 6) is -1.07. The monoisotopic (exact) mass is 364 g/mol. The first-order chi connectivity index (χ1) is 13.1. The average Bonchev–Trinajstić information content (AvgIpc) is 3.20. The summed E-state index contributed by atoms with van der Waals surface area (Å²) in [5.41, 5.74) is -1.18. The molecule has 1 unspecified atom stereocenters. The van der Waals surface area contributed by atoms with Crippen molar-refractivity contribution in [3.8, 4) is 11.3 Å². The Bertz CT molecular complexity index is 1070. The zero-order valence-corrected chi connectivity index (χ0v) is 14.0. The van der Waals surface area contributed by atoms with E-state index in [9.17, 15) is 13.9 Å². The number of benzene rings is 2. The molecule has 0 aliphatic heterocycles. The minimum Gasteiger partial charge on any atom is -0.457 e. The predicted molar refractivity (Wildman–Crippen MR) is 94.6 cm³/mol. The molecule has 6 heteroatoms. The lowest BCUT2D eigenvalue weighted by atomic mass is 9.85. The van der Waals surface area contributed by atoms with Crippen LogP contribution < -0.4 is 0 Å². The molecule has 27 heavy (non-hydrogen) atoms. The second-order valence-corrected chi connectivity index (χ2v) is 5.99. The smallest absolute Gasteiger partial charge is 0.178 e. The molecule has 0 bridgehead atoms. The Morgan fingerprint density at radius 1 is 0.889 bits per heavy atom. The van der Waals surface area contributed by atoms with Crippen LogP contribution in [-0.2, 0) is 5.60 Å². The number of hydrogen-bond acceptors (Lipinski definition) is 4. The Kier molecular flexibility index (Phi) is 4.25. The van der Waals surface area contributed by atoms with Crippen molar-refractivity contribution in [3.63, 3.8) is 0 Å². The quantitative estimate of drug-likeness (QED) is 0.587. The van der Waals surface area contributed by atoms with Crippen LogP contribution in [0.4, 0.5) is 8.78 Å². The molecule has 0 radical (unpaired) electrons. The van der Waals surface area contributed by atoms with Crippen LogP contribution in [0.25, 0.3) is 11.3 Å². The van der Waals surface area contributed by atoms with E-state index in [1.807, 2.05) is 30.3 Å². The molecule has 0 fully saturated rings. The summed E-state index contributed by atoms with van der Waals surface area (Å²) < 4.78 is 33.8. The number of nitrogens with zero attached hydrogens (tertiary/aromatic N) is 2. The summed E-state index contributed by atoms with van der Waals surface area (Å²) in [7, 11) is 0. The fraction of sp³-hybridized carbons (Fsp3) is 0.0476. The van der Waals surface area contributed by atoms with Crippen molar-refractivity contribution in [2.24, 2.45) is 0 Å². The fourth-order valence-electron chi connectivity index (χ4n) is 2.99. The molecule has 0 saturated carbocycles. The molecule has 2 heterocycles. The lowest BCUT2D eigenvalue weighted by Crippen LogP contribution is -2.30. The highest BCUT2D eigenvalue weighted by Crippen LogP contribution is 2.39. The second kappa shape index (κ2) is 6.74. The van der Waals surface area contributed by atoms with Gasteiger partial charge in [-0.2, -0.15) is 0 Å². The molecule has 0 aliphatic carbocycles. The van der Waals surface area contributed by atoms with Crippen molar-refractivity contribution < 1.29 is 18.3 Å². The fourth-order valence-corrected chi connectivity index (χ4v) is 2.99. The first-order valence-electron chi connectivity index (χ1n) is 8.18. The maximum Gasteiger partial charge on any atom is 0.178 e. The van der Waals surface area contributed by atoms with Gasteiger partial charge in [0, 0.05) is 35.2 Å². The molecule has 4 rings (SSSR count). The molecule has 0 aliphatic rings. The average molecular weight is 364 g/mol. The lowest BCUT2D eigenvalue weighted by molar-refractivity contribution is 0.0949. The van der Waals surface area contributed by atoms with Gasteiger partial charge in [-0.25, -0.2) is 18.7 Å². The molecule has 134 valence electrons. The van der Waals surface area contributed by atoms with Gasteiger partial charge in [-0.15, -0.1) is 0 Å². The van der Waals surface area contributed by atoms with Gasteiger partial charge in [0.2, 0.25) is 0 Å². The van der Waals surface area contributed by atoms with Crippen molar-refractivity contribution in [1.82, 2.24) is 9.97 Å². The molecule has 1 N–H and O–H groups in total. The molecule has 0 saturated heterocycles. The number of aromatic nitrogens is 2. The van der Waals surface area contributed by atoms with Gasteiger partial charge in [-0.05, 0) is 24.3 Å². The summed E-state index contributed by atoms with van der Waals surface area (Å²) in [6.45, 7) is 0. The van der Waals surface area contributed by atoms with Crippen LogP contribution in [-0.4, -0.2) is 15.1 Å². The Labute approximate surface area is 153 Å². The van der Waals surface area contributed by atoms with Crippen LogP contribution in [0.15, 0.2) is 83.8 Å².